The van der Waals surface area contributed by atoms with Gasteiger partial charge in [-0.3, -0.25) is 0 Å². The highest BCUT2D eigenvalue weighted by molar-refractivity contribution is 7.77. The van der Waals surface area contributed by atoms with Crippen LogP contribution in [0.3, 0.4) is 0 Å². The molecule has 21 heteroatoms. The van der Waals surface area contributed by atoms with Gasteiger partial charge in [0.15, 0.2) is 0 Å². The van der Waals surface area contributed by atoms with Crippen LogP contribution in [0.5, 0.6) is 0 Å². The Hall–Kier alpha value is 0.386. The third kappa shape index (κ3) is 7.09. The lowest BCUT2D eigenvalue weighted by atomic mass is 11.0. The largest absolute Gasteiger partial charge is 0.389 e. The molecule has 0 radical (unpaired) electrons. The second-order valence-corrected chi connectivity index (χ2v) is 57.4. The van der Waals surface area contributed by atoms with Crippen LogP contribution in [0.25, 0.3) is 0 Å². The molecule has 0 aromatic carbocycles. The summed E-state index contributed by atoms with van der Waals surface area (Å²) in [6.45, 7) is 4.85. The van der Waals surface area contributed by atoms with Crippen molar-refractivity contribution < 1.29 is 44.6 Å². The Bertz CT molecular complexity index is 780. The highest BCUT2D eigenvalue weighted by Crippen LogP contribution is 2.11. The van der Waals surface area contributed by atoms with Crippen molar-refractivity contribution in [1.29, 1.82) is 0 Å². The first kappa shape index (κ1) is 26.4. The normalized spacial score (nSPS) is 10.4. The van der Waals surface area contributed by atoms with E-state index in [4.69, 9.17) is 0 Å². The summed E-state index contributed by atoms with van der Waals surface area (Å²) in [7, 11) is -34.2. The molecule has 0 unspecified atom stereocenters. The Morgan fingerprint density at radius 3 is 1.46 bits per heavy atom. The molecule has 0 fully saturated rings. The first-order valence-electron chi connectivity index (χ1n) is 7.13. The molecule has 0 heterocycles. The Balaban J connectivity index is 5.38. The number of rotatable bonds is 12. The molecule has 10 nitrogen and oxygen atoms in total. The Kier molecular flexibility index (Phi) is 11.6. The summed E-state index contributed by atoms with van der Waals surface area (Å²) in [5.74, 6) is 0. The van der Waals surface area contributed by atoms with Gasteiger partial charge < -0.3 is 44.6 Å². The van der Waals surface area contributed by atoms with Crippen LogP contribution in [0.2, 0.25) is 24.8 Å². The second-order valence-electron chi connectivity index (χ2n) is 5.74. The zero-order valence-corrected chi connectivity index (χ0v) is 25.2. The van der Waals surface area contributed by atoms with E-state index in [-0.39, 0.29) is 5.67 Å². The van der Waals surface area contributed by atoms with Crippen LogP contribution >= 0.6 is 0 Å². The maximum atomic E-state index is 12.5. The van der Waals surface area contributed by atoms with Crippen molar-refractivity contribution in [2.24, 2.45) is 0 Å². The molecule has 0 aliphatic heterocycles. The van der Waals surface area contributed by atoms with Gasteiger partial charge in [0.25, 0.3) is 8.68 Å². The molecule has 138 valence electrons. The maximum absolute atomic E-state index is 12.5. The van der Waals surface area contributed by atoms with Crippen molar-refractivity contribution in [3.63, 3.8) is 0 Å². The third-order valence-corrected chi connectivity index (χ3v) is 80.5. The third-order valence-electron chi connectivity index (χ3n) is 3.22. The summed E-state index contributed by atoms with van der Waals surface area (Å²) in [6.07, 6.45) is 0. The zero-order valence-electron chi connectivity index (χ0n) is 14.1. The molecule has 0 spiro atoms. The Morgan fingerprint density at radius 2 is 1.08 bits per heavy atom. The van der Waals surface area contributed by atoms with E-state index in [0.29, 0.717) is 6.04 Å². The standard InChI is InChI=1S/C5H14O10Si11/c1-4-17(7)5-26(2,3)25(15)24(14)23(13)22(12)21(11)20(10)19(9)18(8)16-6/h16H,4-5H2,1-3H3. The molecule has 0 aliphatic carbocycles. The Labute approximate surface area is 162 Å². The SMILES string of the molecule is CC[Si](=O)C[Si](C)(C)[Si](=O)[Si](=O)[Si](=O)[Si](=O)[Si](=O)[Si](=O)[Si](=O)[Si](=O)[SiH]=O. The predicted molar refractivity (Wildman–Crippen MR) is 98.6 cm³/mol. The minimum Gasteiger partial charge on any atom is -0.389 e. The van der Waals surface area contributed by atoms with Gasteiger partial charge in [-0.1, -0.05) is 20.0 Å². The van der Waals surface area contributed by atoms with Crippen LogP contribution in [0.15, 0.2) is 0 Å². The number of hydrogen-bond donors (Lipinski definition) is 0. The summed E-state index contributed by atoms with van der Waals surface area (Å²) in [4.78, 5) is 0. The van der Waals surface area contributed by atoms with Crippen molar-refractivity contribution in [3.8, 4) is 0 Å². The molecule has 0 saturated carbocycles. The molecule has 0 amide bonds. The van der Waals surface area contributed by atoms with Gasteiger partial charge in [0.1, 0.15) is 7.59 Å². The van der Waals surface area contributed by atoms with Gasteiger partial charge in [-0.15, -0.1) is 0 Å². The van der Waals surface area contributed by atoms with Crippen LogP contribution < -0.4 is 0 Å². The second kappa shape index (κ2) is 11.4. The van der Waals surface area contributed by atoms with E-state index in [9.17, 15) is 44.6 Å². The first-order valence-corrected chi connectivity index (χ1v) is 33.7. The summed E-state index contributed by atoms with van der Waals surface area (Å²) in [6, 6.07) is 0.383. The van der Waals surface area contributed by atoms with Gasteiger partial charge in [-0.05, 0) is 11.7 Å². The van der Waals surface area contributed by atoms with E-state index in [1.165, 1.54) is 0 Å². The summed E-state index contributed by atoms with van der Waals surface area (Å²) in [5, 5.41) is 0. The predicted octanol–water partition coefficient (Wildman–Crippen LogP) is -3.04. The van der Waals surface area contributed by atoms with E-state index in [0.717, 1.165) is 0 Å². The molecular weight excluding hydrogens is 529 g/mol. The van der Waals surface area contributed by atoms with Gasteiger partial charge in [0, 0.05) is 0 Å². The molecule has 0 saturated heterocycles. The Morgan fingerprint density at radius 1 is 0.692 bits per heavy atom. The van der Waals surface area contributed by atoms with E-state index in [1.54, 1.807) is 20.0 Å². The average molecular weight is 543 g/mol. The van der Waals surface area contributed by atoms with Crippen LogP contribution in [0, 0.1) is 0 Å². The summed E-state index contributed by atoms with van der Waals surface area (Å²) in [5.41, 5.74) is 0.145. The fourth-order valence-corrected chi connectivity index (χ4v) is 108. The van der Waals surface area contributed by atoms with Crippen LogP contribution in [-0.2, 0) is 44.6 Å². The maximum Gasteiger partial charge on any atom is 0.381 e. The van der Waals surface area contributed by atoms with E-state index >= 15 is 0 Å². The van der Waals surface area contributed by atoms with E-state index < -0.39 is 86.9 Å². The molecule has 0 aliphatic rings. The molecule has 0 rings (SSSR count). The molecule has 0 aromatic heterocycles. The highest BCUT2D eigenvalue weighted by atomic mass is 30.0. The monoisotopic (exact) mass is 542 g/mol. The molecule has 0 aromatic rings. The lowest BCUT2D eigenvalue weighted by Crippen LogP contribution is -2.56. The smallest absolute Gasteiger partial charge is 0.381 e. The zero-order chi connectivity index (χ0) is 20.8. The van der Waals surface area contributed by atoms with Gasteiger partial charge >= 0.3 is 70.7 Å². The van der Waals surface area contributed by atoms with Crippen LogP contribution in [0.1, 0.15) is 6.92 Å². The molecular formula is C5H14O10Si11. The molecule has 0 bridgehead atoms. The van der Waals surface area contributed by atoms with Gasteiger partial charge in [-0.2, -0.15) is 0 Å². The van der Waals surface area contributed by atoms with E-state index in [1.807, 2.05) is 0 Å². The first-order chi connectivity index (χ1) is 11.8. The number of hydrogen-bond acceptors (Lipinski definition) is 10. The average Bonchev–Trinajstić information content (AvgIpc) is 2.62. The summed E-state index contributed by atoms with van der Waals surface area (Å²) >= 11 is 0. The topological polar surface area (TPSA) is 171 Å². The van der Waals surface area contributed by atoms with E-state index in [2.05, 4.69) is 0 Å². The highest BCUT2D eigenvalue weighted by Gasteiger charge is 2.51. The van der Waals surface area contributed by atoms with Crippen molar-refractivity contribution in [1.82, 2.24) is 0 Å². The minimum atomic E-state index is -3.68. The van der Waals surface area contributed by atoms with Crippen molar-refractivity contribution in [3.05, 3.63) is 0 Å². The quantitative estimate of drug-likeness (QED) is 0.231. The van der Waals surface area contributed by atoms with Crippen LogP contribution in [0.4, 0.5) is 0 Å². The van der Waals surface area contributed by atoms with Gasteiger partial charge in [0.2, 0.25) is 0 Å². The van der Waals surface area contributed by atoms with Crippen molar-refractivity contribution in [2.75, 3.05) is 0 Å². The molecule has 26 heavy (non-hydrogen) atoms. The fraction of sp³-hybridized carbons (Fsp3) is 1.00. The summed E-state index contributed by atoms with van der Waals surface area (Å²) < 4.78 is 118. The van der Waals surface area contributed by atoms with Crippen molar-refractivity contribution >= 4 is 86.9 Å². The van der Waals surface area contributed by atoms with Gasteiger partial charge in [-0.25, -0.2) is 0 Å². The molecule has 0 N–H and O–H groups in total. The lowest BCUT2D eigenvalue weighted by molar-refractivity contribution is 0.535. The fourth-order valence-electron chi connectivity index (χ4n) is 1.69. The lowest BCUT2D eigenvalue weighted by Gasteiger charge is -2.15. The van der Waals surface area contributed by atoms with Crippen LogP contribution in [-0.4, -0.2) is 86.9 Å². The van der Waals surface area contributed by atoms with Gasteiger partial charge in [0.05, 0.1) is 0 Å². The molecule has 0 atom stereocenters. The van der Waals surface area contributed by atoms with Crippen molar-refractivity contribution in [2.45, 2.75) is 31.7 Å². The minimum absolute atomic E-state index is 0.145.